The van der Waals surface area contributed by atoms with Crippen molar-refractivity contribution in [3.05, 3.63) is 0 Å². The second-order valence-electron chi connectivity index (χ2n) is 3.59. The molecule has 4 heteroatoms. The van der Waals surface area contributed by atoms with Gasteiger partial charge in [-0.05, 0) is 6.92 Å². The van der Waals surface area contributed by atoms with Gasteiger partial charge in [0.25, 0.3) is 0 Å². The Hall–Kier alpha value is -1.94. The van der Waals surface area contributed by atoms with E-state index in [2.05, 4.69) is 34.6 Å². The molecule has 0 heterocycles. The predicted octanol–water partition coefficient (Wildman–Crippen LogP) is 1.72. The molecule has 1 atom stereocenters. The molecule has 102 valence electrons. The van der Waals surface area contributed by atoms with Crippen molar-refractivity contribution in [2.24, 2.45) is 11.8 Å². The molecule has 0 aromatic heterocycles. The van der Waals surface area contributed by atoms with Crippen molar-refractivity contribution < 1.29 is 9.59 Å². The average Bonchev–Trinajstić information content (AvgIpc) is 2.16. The molecule has 0 aliphatic rings. The molecule has 0 radical (unpaired) electrons. The molecular weight excluding hydrogens is 228 g/mol. The topological polar surface area (TPSA) is 58.2 Å². The molecule has 0 spiro atoms. The first-order valence-electron chi connectivity index (χ1n) is 5.01. The van der Waals surface area contributed by atoms with Crippen molar-refractivity contribution in [2.45, 2.75) is 42.5 Å². The number of rotatable bonds is 1. The van der Waals surface area contributed by atoms with Crippen LogP contribution >= 0.6 is 0 Å². The summed E-state index contributed by atoms with van der Waals surface area (Å²) in [7, 11) is 0. The Morgan fingerprint density at radius 1 is 0.944 bits per heavy atom. The number of carbonyl (C=O) groups excluding carboxylic acids is 2. The van der Waals surface area contributed by atoms with Crippen molar-refractivity contribution in [1.82, 2.24) is 10.6 Å². The summed E-state index contributed by atoms with van der Waals surface area (Å²) in [6.07, 6.45) is 0. The van der Waals surface area contributed by atoms with Crippen molar-refractivity contribution in [3.8, 4) is 23.9 Å². The fraction of sp³-hybridized carbons (Fsp3) is 0.571. The summed E-state index contributed by atoms with van der Waals surface area (Å²) in [5, 5.41) is 4.73. The summed E-state index contributed by atoms with van der Waals surface area (Å²) in [5.41, 5.74) is 0. The number of nitrogens with one attached hydrogen (secondary N) is 2. The zero-order valence-corrected chi connectivity index (χ0v) is 9.97. The van der Waals surface area contributed by atoms with Crippen LogP contribution in [0, 0.1) is 35.8 Å². The minimum atomic E-state index is -0.506. The van der Waals surface area contributed by atoms with Crippen LogP contribution in [0.5, 0.6) is 0 Å². The lowest BCUT2D eigenvalue weighted by Crippen LogP contribution is -2.24. The minimum Gasteiger partial charge on any atom is -0.285 e. The van der Waals surface area contributed by atoms with Crippen LogP contribution in [0.4, 0.5) is 0 Å². The van der Waals surface area contributed by atoms with E-state index < -0.39 is 5.92 Å². The largest absolute Gasteiger partial charge is 0.285 e. The summed E-state index contributed by atoms with van der Waals surface area (Å²) in [5.74, 6) is 4.58. The van der Waals surface area contributed by atoms with E-state index in [1.807, 2.05) is 13.8 Å². The fourth-order valence-corrected chi connectivity index (χ4v) is 0.648. The molecule has 2 N–H and O–H groups in total. The lowest BCUT2D eigenvalue weighted by atomic mass is 10.2. The molecule has 0 aromatic rings. The molecule has 2 amide bonds. The van der Waals surface area contributed by atoms with Crippen LogP contribution in [-0.2, 0) is 9.59 Å². The summed E-state index contributed by atoms with van der Waals surface area (Å²) < 4.78 is 0. The maximum absolute atomic E-state index is 11.4. The van der Waals surface area contributed by atoms with Gasteiger partial charge in [-0.2, -0.15) is 0 Å². The van der Waals surface area contributed by atoms with Crippen LogP contribution in [0.1, 0.15) is 42.5 Å². The van der Waals surface area contributed by atoms with Crippen LogP contribution in [0.3, 0.4) is 0 Å². The van der Waals surface area contributed by atoms with Crippen LogP contribution < -0.4 is 10.6 Å². The minimum absolute atomic E-state index is 0. The standard InChI is InChI=1S/C12H16N2O2.2CH4/c1-9(2)5-7-14-12(16)10(3)6-8-13-11(4)15;;/h9-10H,1-4H3,(H,13,15)(H,14,16);2*1H4. The Morgan fingerprint density at radius 2 is 1.44 bits per heavy atom. The third-order valence-electron chi connectivity index (χ3n) is 1.47. The van der Waals surface area contributed by atoms with E-state index in [0.717, 1.165) is 0 Å². The first-order valence-corrected chi connectivity index (χ1v) is 5.01. The molecule has 0 rings (SSSR count). The molecular formula is C14H24N2O2. The van der Waals surface area contributed by atoms with Gasteiger partial charge in [-0.3, -0.25) is 20.2 Å². The zero-order chi connectivity index (χ0) is 12.6. The van der Waals surface area contributed by atoms with E-state index in [4.69, 9.17) is 0 Å². The fourth-order valence-electron chi connectivity index (χ4n) is 0.648. The van der Waals surface area contributed by atoms with Gasteiger partial charge in [0.1, 0.15) is 0 Å². The zero-order valence-electron chi connectivity index (χ0n) is 9.97. The maximum atomic E-state index is 11.4. The third kappa shape index (κ3) is 12.1. The van der Waals surface area contributed by atoms with E-state index in [1.165, 1.54) is 6.92 Å². The van der Waals surface area contributed by atoms with Crippen molar-refractivity contribution in [3.63, 3.8) is 0 Å². The first-order chi connectivity index (χ1) is 7.43. The molecule has 0 aliphatic carbocycles. The van der Waals surface area contributed by atoms with Gasteiger partial charge in [-0.15, -0.1) is 0 Å². The van der Waals surface area contributed by atoms with Gasteiger partial charge in [0.05, 0.1) is 5.92 Å². The van der Waals surface area contributed by atoms with E-state index in [1.54, 1.807) is 6.92 Å². The van der Waals surface area contributed by atoms with E-state index in [0.29, 0.717) is 0 Å². The summed E-state index contributed by atoms with van der Waals surface area (Å²) in [4.78, 5) is 21.9. The normalized spacial score (nSPS) is 9.17. The SMILES string of the molecule is C.C.CC(=O)NC#CC(C)C(=O)NC#CC(C)C. The first kappa shape index (κ1) is 21.4. The van der Waals surface area contributed by atoms with Gasteiger partial charge >= 0.3 is 0 Å². The number of hydrogen-bond acceptors (Lipinski definition) is 2. The third-order valence-corrected chi connectivity index (χ3v) is 1.47. The second-order valence-corrected chi connectivity index (χ2v) is 3.59. The molecule has 0 aliphatic heterocycles. The highest BCUT2D eigenvalue weighted by Crippen LogP contribution is 1.90. The van der Waals surface area contributed by atoms with E-state index in [-0.39, 0.29) is 32.6 Å². The van der Waals surface area contributed by atoms with Crippen LogP contribution in [0.2, 0.25) is 0 Å². The molecule has 0 saturated carbocycles. The molecule has 4 nitrogen and oxygen atoms in total. The number of hydrogen-bond donors (Lipinski definition) is 2. The molecule has 0 saturated heterocycles. The van der Waals surface area contributed by atoms with Crippen LogP contribution in [-0.4, -0.2) is 11.8 Å². The summed E-state index contributed by atoms with van der Waals surface area (Å²) >= 11 is 0. The lowest BCUT2D eigenvalue weighted by Gasteiger charge is -1.99. The van der Waals surface area contributed by atoms with Gasteiger partial charge in [-0.25, -0.2) is 0 Å². The molecule has 1 unspecified atom stereocenters. The van der Waals surface area contributed by atoms with E-state index >= 15 is 0 Å². The Morgan fingerprint density at radius 3 is 1.89 bits per heavy atom. The quantitative estimate of drug-likeness (QED) is 0.551. The van der Waals surface area contributed by atoms with Gasteiger partial charge in [0.2, 0.25) is 11.8 Å². The predicted molar refractivity (Wildman–Crippen MR) is 75.0 cm³/mol. The summed E-state index contributed by atoms with van der Waals surface area (Å²) in [6, 6.07) is 4.97. The smallest absolute Gasteiger partial charge is 0.246 e. The number of carbonyl (C=O) groups is 2. The summed E-state index contributed by atoms with van der Waals surface area (Å²) in [6.45, 7) is 6.85. The Kier molecular flexibility index (Phi) is 13.7. The van der Waals surface area contributed by atoms with Gasteiger partial charge in [0.15, 0.2) is 0 Å². The Labute approximate surface area is 111 Å². The van der Waals surface area contributed by atoms with Crippen molar-refractivity contribution in [1.29, 1.82) is 0 Å². The van der Waals surface area contributed by atoms with Crippen molar-refractivity contribution >= 4 is 11.8 Å². The monoisotopic (exact) mass is 252 g/mol. The van der Waals surface area contributed by atoms with Crippen molar-refractivity contribution in [2.75, 3.05) is 0 Å². The van der Waals surface area contributed by atoms with Gasteiger partial charge < -0.3 is 0 Å². The highest BCUT2D eigenvalue weighted by molar-refractivity contribution is 5.83. The molecule has 0 fully saturated rings. The second kappa shape index (κ2) is 11.5. The Balaban J connectivity index is -0.00000112. The van der Waals surface area contributed by atoms with Gasteiger partial charge in [0, 0.05) is 24.9 Å². The van der Waals surface area contributed by atoms with Crippen LogP contribution in [0.25, 0.3) is 0 Å². The van der Waals surface area contributed by atoms with E-state index in [9.17, 15) is 9.59 Å². The van der Waals surface area contributed by atoms with Gasteiger partial charge in [-0.1, -0.05) is 40.5 Å². The maximum Gasteiger partial charge on any atom is 0.246 e. The highest BCUT2D eigenvalue weighted by atomic mass is 16.2. The molecule has 0 aromatic carbocycles. The Bertz CT molecular complexity index is 378. The van der Waals surface area contributed by atoms with Crippen LogP contribution in [0.15, 0.2) is 0 Å². The average molecular weight is 252 g/mol. The lowest BCUT2D eigenvalue weighted by molar-refractivity contribution is -0.122. The molecule has 0 bridgehead atoms. The highest BCUT2D eigenvalue weighted by Gasteiger charge is 2.07. The number of amides is 2. The molecule has 18 heavy (non-hydrogen) atoms.